The van der Waals surface area contributed by atoms with Gasteiger partial charge in [-0.05, 0) is 24.6 Å². The van der Waals surface area contributed by atoms with E-state index in [-0.39, 0.29) is 0 Å². The van der Waals surface area contributed by atoms with E-state index < -0.39 is 0 Å². The van der Waals surface area contributed by atoms with Crippen molar-refractivity contribution in [1.29, 1.82) is 0 Å². The predicted octanol–water partition coefficient (Wildman–Crippen LogP) is 2.40. The Morgan fingerprint density at radius 1 is 1.07 bits per heavy atom. The monoisotopic (exact) mass is 199 g/mol. The van der Waals surface area contributed by atoms with Crippen molar-refractivity contribution < 1.29 is 0 Å². The largest absolute Gasteiger partial charge is 0.378 e. The van der Waals surface area contributed by atoms with Crippen molar-refractivity contribution >= 4 is 5.69 Å². The molecule has 0 spiro atoms. The molecule has 76 valence electrons. The Labute approximate surface area is 89.2 Å². The molecule has 1 aromatic carbocycles. The molecule has 0 atom stereocenters. The van der Waals surface area contributed by atoms with E-state index in [1.807, 2.05) is 49.6 Å². The lowest BCUT2D eigenvalue weighted by molar-refractivity contribution is 0.938. The molecule has 0 amide bonds. The number of nitrogens with one attached hydrogen (secondary N) is 1. The smallest absolute Gasteiger partial charge is 0.147 e. The number of aromatic nitrogens is 2. The van der Waals surface area contributed by atoms with Crippen molar-refractivity contribution in [2.45, 2.75) is 13.5 Å². The van der Waals surface area contributed by atoms with Crippen molar-refractivity contribution in [3.05, 3.63) is 54.1 Å². The van der Waals surface area contributed by atoms with Crippen molar-refractivity contribution in [2.75, 3.05) is 5.32 Å². The standard InChI is InChI=1S/C12H13N3/c1-10-7-14-12(15-8-10)9-13-11-5-3-2-4-6-11/h2-8,13H,9H2,1H3. The molecule has 0 unspecified atom stereocenters. The molecule has 0 fully saturated rings. The Kier molecular flexibility index (Phi) is 2.93. The average molecular weight is 199 g/mol. The Bertz CT molecular complexity index is 409. The van der Waals surface area contributed by atoms with E-state index in [1.54, 1.807) is 0 Å². The molecule has 1 aromatic heterocycles. The highest BCUT2D eigenvalue weighted by atomic mass is 15.0. The van der Waals surface area contributed by atoms with Gasteiger partial charge in [0.25, 0.3) is 0 Å². The van der Waals surface area contributed by atoms with Gasteiger partial charge in [-0.3, -0.25) is 0 Å². The minimum atomic E-state index is 0.657. The molecule has 1 heterocycles. The third-order valence-corrected chi connectivity index (χ3v) is 2.06. The molecule has 2 aromatic rings. The second-order valence-corrected chi connectivity index (χ2v) is 3.40. The van der Waals surface area contributed by atoms with Gasteiger partial charge in [0.15, 0.2) is 0 Å². The summed E-state index contributed by atoms with van der Waals surface area (Å²) in [6.45, 7) is 2.64. The number of hydrogen-bond acceptors (Lipinski definition) is 3. The predicted molar refractivity (Wildman–Crippen MR) is 60.5 cm³/mol. The van der Waals surface area contributed by atoms with E-state index in [2.05, 4.69) is 15.3 Å². The van der Waals surface area contributed by atoms with Crippen molar-refractivity contribution in [1.82, 2.24) is 9.97 Å². The summed E-state index contributed by atoms with van der Waals surface area (Å²) in [5, 5.41) is 3.26. The second-order valence-electron chi connectivity index (χ2n) is 3.40. The third kappa shape index (κ3) is 2.77. The van der Waals surface area contributed by atoms with Crippen LogP contribution in [0.4, 0.5) is 5.69 Å². The molecule has 0 bridgehead atoms. The molecule has 0 saturated carbocycles. The molecule has 0 saturated heterocycles. The normalized spacial score (nSPS) is 9.93. The number of nitrogens with zero attached hydrogens (tertiary/aromatic N) is 2. The summed E-state index contributed by atoms with van der Waals surface area (Å²) in [4.78, 5) is 8.44. The lowest BCUT2D eigenvalue weighted by atomic mass is 10.3. The lowest BCUT2D eigenvalue weighted by Crippen LogP contribution is -2.03. The first kappa shape index (κ1) is 9.65. The van der Waals surface area contributed by atoms with Gasteiger partial charge in [0.05, 0.1) is 6.54 Å². The first-order chi connectivity index (χ1) is 7.34. The molecule has 0 aliphatic heterocycles. The number of rotatable bonds is 3. The van der Waals surface area contributed by atoms with E-state index >= 15 is 0 Å². The molecule has 3 nitrogen and oxygen atoms in total. The fourth-order valence-corrected chi connectivity index (χ4v) is 1.25. The van der Waals surface area contributed by atoms with Crippen molar-refractivity contribution in [3.8, 4) is 0 Å². The van der Waals surface area contributed by atoms with Gasteiger partial charge in [0.2, 0.25) is 0 Å². The maximum atomic E-state index is 4.22. The summed E-state index contributed by atoms with van der Waals surface area (Å²) in [6.07, 6.45) is 3.66. The minimum absolute atomic E-state index is 0.657. The van der Waals surface area contributed by atoms with E-state index in [9.17, 15) is 0 Å². The van der Waals surface area contributed by atoms with Crippen LogP contribution < -0.4 is 5.32 Å². The fourth-order valence-electron chi connectivity index (χ4n) is 1.25. The van der Waals surface area contributed by atoms with Crippen molar-refractivity contribution in [3.63, 3.8) is 0 Å². The maximum absolute atomic E-state index is 4.22. The van der Waals surface area contributed by atoms with E-state index in [0.717, 1.165) is 17.1 Å². The van der Waals surface area contributed by atoms with Crippen LogP contribution in [-0.4, -0.2) is 9.97 Å². The highest BCUT2D eigenvalue weighted by Gasteiger charge is 1.95. The molecule has 0 aliphatic rings. The maximum Gasteiger partial charge on any atom is 0.147 e. The number of anilines is 1. The first-order valence-electron chi connectivity index (χ1n) is 4.91. The highest BCUT2D eigenvalue weighted by molar-refractivity contribution is 5.42. The van der Waals surface area contributed by atoms with Gasteiger partial charge in [0, 0.05) is 18.1 Å². The van der Waals surface area contributed by atoms with Crippen LogP contribution >= 0.6 is 0 Å². The van der Waals surface area contributed by atoms with Crippen LogP contribution in [0.5, 0.6) is 0 Å². The molecule has 0 radical (unpaired) electrons. The molecule has 0 aliphatic carbocycles. The number of para-hydroxylation sites is 1. The van der Waals surface area contributed by atoms with Gasteiger partial charge < -0.3 is 5.32 Å². The van der Waals surface area contributed by atoms with Crippen LogP contribution in [0.2, 0.25) is 0 Å². The Balaban J connectivity index is 1.96. The van der Waals surface area contributed by atoms with E-state index in [1.165, 1.54) is 0 Å². The number of hydrogen-bond donors (Lipinski definition) is 1. The molecule has 3 heteroatoms. The second kappa shape index (κ2) is 4.55. The Morgan fingerprint density at radius 3 is 2.40 bits per heavy atom. The van der Waals surface area contributed by atoms with Gasteiger partial charge in [-0.1, -0.05) is 18.2 Å². The fraction of sp³-hybridized carbons (Fsp3) is 0.167. The summed E-state index contributed by atoms with van der Waals surface area (Å²) >= 11 is 0. The third-order valence-electron chi connectivity index (χ3n) is 2.06. The zero-order valence-corrected chi connectivity index (χ0v) is 8.64. The van der Waals surface area contributed by atoms with Crippen LogP contribution in [0.25, 0.3) is 0 Å². The van der Waals surface area contributed by atoms with Crippen LogP contribution in [-0.2, 0) is 6.54 Å². The zero-order chi connectivity index (χ0) is 10.5. The van der Waals surface area contributed by atoms with Gasteiger partial charge in [-0.15, -0.1) is 0 Å². The molecule has 2 rings (SSSR count). The molecular weight excluding hydrogens is 186 g/mol. The van der Waals surface area contributed by atoms with Gasteiger partial charge in [-0.2, -0.15) is 0 Å². The zero-order valence-electron chi connectivity index (χ0n) is 8.64. The first-order valence-corrected chi connectivity index (χ1v) is 4.91. The number of benzene rings is 1. The summed E-state index contributed by atoms with van der Waals surface area (Å²) < 4.78 is 0. The molecule has 15 heavy (non-hydrogen) atoms. The topological polar surface area (TPSA) is 37.8 Å². The molecular formula is C12H13N3. The molecule has 1 N–H and O–H groups in total. The highest BCUT2D eigenvalue weighted by Crippen LogP contribution is 2.06. The van der Waals surface area contributed by atoms with Gasteiger partial charge in [-0.25, -0.2) is 9.97 Å². The van der Waals surface area contributed by atoms with Crippen LogP contribution in [0.15, 0.2) is 42.7 Å². The van der Waals surface area contributed by atoms with Crippen LogP contribution in [0.1, 0.15) is 11.4 Å². The SMILES string of the molecule is Cc1cnc(CNc2ccccc2)nc1. The minimum Gasteiger partial charge on any atom is -0.378 e. The summed E-state index contributed by atoms with van der Waals surface area (Å²) in [6, 6.07) is 10.0. The van der Waals surface area contributed by atoms with Gasteiger partial charge in [0.1, 0.15) is 5.82 Å². The van der Waals surface area contributed by atoms with Crippen molar-refractivity contribution in [2.24, 2.45) is 0 Å². The summed E-state index contributed by atoms with van der Waals surface area (Å²) in [5.41, 5.74) is 2.17. The summed E-state index contributed by atoms with van der Waals surface area (Å²) in [7, 11) is 0. The quantitative estimate of drug-likeness (QED) is 0.824. The van der Waals surface area contributed by atoms with Crippen LogP contribution in [0, 0.1) is 6.92 Å². The average Bonchev–Trinajstić information content (AvgIpc) is 2.30. The number of aryl methyl sites for hydroxylation is 1. The van der Waals surface area contributed by atoms with Crippen LogP contribution in [0.3, 0.4) is 0 Å². The summed E-state index contributed by atoms with van der Waals surface area (Å²) in [5.74, 6) is 0.810. The Morgan fingerprint density at radius 2 is 1.73 bits per heavy atom. The van der Waals surface area contributed by atoms with E-state index in [4.69, 9.17) is 0 Å². The Hall–Kier alpha value is -1.90. The van der Waals surface area contributed by atoms with E-state index in [0.29, 0.717) is 6.54 Å². The van der Waals surface area contributed by atoms with Gasteiger partial charge >= 0.3 is 0 Å². The lowest BCUT2D eigenvalue weighted by Gasteiger charge is -2.04.